The molecule has 1 N–H and O–H groups in total. The lowest BCUT2D eigenvalue weighted by atomic mass is 10.3. The molecule has 1 aliphatic rings. The minimum Gasteiger partial charge on any atom is -0.481 e. The Kier molecular flexibility index (Phi) is 5.42. The normalized spacial score (nSPS) is 16.1. The van der Waals surface area contributed by atoms with E-state index in [4.69, 9.17) is 4.74 Å². The summed E-state index contributed by atoms with van der Waals surface area (Å²) in [6, 6.07) is 5.87. The van der Waals surface area contributed by atoms with Crippen LogP contribution in [0.3, 0.4) is 0 Å². The molecule has 4 nitrogen and oxygen atoms in total. The number of rotatable bonds is 7. The molecular weight excluding hydrogens is 226 g/mol. The maximum Gasteiger partial charge on any atom is 0.213 e. The number of nitrogens with one attached hydrogen (secondary N) is 1. The summed E-state index contributed by atoms with van der Waals surface area (Å²) >= 11 is 0. The van der Waals surface area contributed by atoms with Gasteiger partial charge in [0.15, 0.2) is 0 Å². The maximum absolute atomic E-state index is 5.10. The van der Waals surface area contributed by atoms with E-state index < -0.39 is 0 Å². The molecule has 0 spiro atoms. The first kappa shape index (κ1) is 13.3. The molecule has 0 aromatic carbocycles. The number of hydrogen-bond acceptors (Lipinski definition) is 4. The molecule has 1 aromatic rings. The lowest BCUT2D eigenvalue weighted by molar-refractivity contribution is 0.330. The molecule has 0 atom stereocenters. The van der Waals surface area contributed by atoms with Gasteiger partial charge in [0.25, 0.3) is 0 Å². The maximum atomic E-state index is 5.10. The van der Waals surface area contributed by atoms with E-state index in [1.807, 2.05) is 18.2 Å². The van der Waals surface area contributed by atoms with Gasteiger partial charge >= 0.3 is 0 Å². The first-order valence-corrected chi connectivity index (χ1v) is 6.81. The zero-order valence-electron chi connectivity index (χ0n) is 11.2. The van der Waals surface area contributed by atoms with Crippen molar-refractivity contribution in [3.63, 3.8) is 0 Å². The molecule has 1 saturated heterocycles. The Morgan fingerprint density at radius 1 is 1.33 bits per heavy atom. The van der Waals surface area contributed by atoms with Gasteiger partial charge in [-0.3, -0.25) is 0 Å². The Morgan fingerprint density at radius 3 is 2.94 bits per heavy atom. The molecule has 18 heavy (non-hydrogen) atoms. The van der Waals surface area contributed by atoms with Gasteiger partial charge in [-0.1, -0.05) is 6.07 Å². The minimum absolute atomic E-state index is 0.686. The fourth-order valence-corrected chi connectivity index (χ4v) is 2.32. The number of methoxy groups -OCH3 is 1. The van der Waals surface area contributed by atoms with Crippen LogP contribution in [0.15, 0.2) is 18.2 Å². The van der Waals surface area contributed by atoms with Gasteiger partial charge in [0.05, 0.1) is 12.8 Å². The Balaban J connectivity index is 1.59. The highest BCUT2D eigenvalue weighted by Gasteiger charge is 2.09. The second kappa shape index (κ2) is 7.34. The van der Waals surface area contributed by atoms with Gasteiger partial charge in [0, 0.05) is 12.6 Å². The Labute approximate surface area is 109 Å². The van der Waals surface area contributed by atoms with E-state index in [-0.39, 0.29) is 0 Å². The first-order valence-electron chi connectivity index (χ1n) is 6.81. The number of aromatic nitrogens is 1. The van der Waals surface area contributed by atoms with Gasteiger partial charge in [-0.2, -0.15) is 0 Å². The Morgan fingerprint density at radius 2 is 2.17 bits per heavy atom. The van der Waals surface area contributed by atoms with Crippen molar-refractivity contribution in [3.8, 4) is 5.88 Å². The molecule has 0 amide bonds. The summed E-state index contributed by atoms with van der Waals surface area (Å²) in [6.45, 7) is 5.67. The van der Waals surface area contributed by atoms with Gasteiger partial charge in [-0.25, -0.2) is 4.98 Å². The van der Waals surface area contributed by atoms with Crippen molar-refractivity contribution in [2.45, 2.75) is 25.8 Å². The number of likely N-dealkylation sites (tertiary alicyclic amines) is 1. The van der Waals surface area contributed by atoms with Crippen LogP contribution in [-0.4, -0.2) is 43.2 Å². The molecule has 0 bridgehead atoms. The third-order valence-corrected chi connectivity index (χ3v) is 3.32. The zero-order valence-corrected chi connectivity index (χ0v) is 11.2. The minimum atomic E-state index is 0.686. The van der Waals surface area contributed by atoms with Crippen LogP contribution >= 0.6 is 0 Å². The Bertz CT molecular complexity index is 351. The average molecular weight is 249 g/mol. The van der Waals surface area contributed by atoms with Crippen molar-refractivity contribution < 1.29 is 4.74 Å². The summed E-state index contributed by atoms with van der Waals surface area (Å²) in [5.41, 5.74) is 1.04. The SMILES string of the molecule is COc1cccc(CNCCCN2CCCC2)n1. The molecule has 2 rings (SSSR count). The van der Waals surface area contributed by atoms with Crippen LogP contribution in [0.5, 0.6) is 5.88 Å². The summed E-state index contributed by atoms with van der Waals surface area (Å²) < 4.78 is 5.10. The third-order valence-electron chi connectivity index (χ3n) is 3.32. The molecule has 0 saturated carbocycles. The van der Waals surface area contributed by atoms with Gasteiger partial charge < -0.3 is 15.0 Å². The number of pyridine rings is 1. The van der Waals surface area contributed by atoms with Crippen LogP contribution in [0.25, 0.3) is 0 Å². The van der Waals surface area contributed by atoms with Crippen LogP contribution in [0.1, 0.15) is 25.0 Å². The van der Waals surface area contributed by atoms with Crippen molar-refractivity contribution in [1.82, 2.24) is 15.2 Å². The van der Waals surface area contributed by atoms with Crippen LogP contribution in [0.4, 0.5) is 0 Å². The fourth-order valence-electron chi connectivity index (χ4n) is 2.32. The molecule has 2 heterocycles. The van der Waals surface area contributed by atoms with E-state index in [9.17, 15) is 0 Å². The zero-order chi connectivity index (χ0) is 12.6. The van der Waals surface area contributed by atoms with Crippen LogP contribution < -0.4 is 10.1 Å². The summed E-state index contributed by atoms with van der Waals surface area (Å²) in [4.78, 5) is 6.92. The molecule has 0 aliphatic carbocycles. The van der Waals surface area contributed by atoms with E-state index in [1.54, 1.807) is 7.11 Å². The second-order valence-electron chi connectivity index (χ2n) is 4.75. The van der Waals surface area contributed by atoms with Crippen LogP contribution in [-0.2, 0) is 6.54 Å². The van der Waals surface area contributed by atoms with Crippen molar-refractivity contribution in [2.24, 2.45) is 0 Å². The first-order chi connectivity index (χ1) is 8.88. The second-order valence-corrected chi connectivity index (χ2v) is 4.75. The van der Waals surface area contributed by atoms with Gasteiger partial charge in [0.2, 0.25) is 5.88 Å². The third kappa shape index (κ3) is 4.27. The lowest BCUT2D eigenvalue weighted by Crippen LogP contribution is -2.24. The number of ether oxygens (including phenoxy) is 1. The summed E-state index contributed by atoms with van der Waals surface area (Å²) in [6.07, 6.45) is 3.96. The molecule has 100 valence electrons. The monoisotopic (exact) mass is 249 g/mol. The van der Waals surface area contributed by atoms with E-state index in [0.29, 0.717) is 5.88 Å². The molecule has 0 radical (unpaired) electrons. The predicted molar refractivity (Wildman–Crippen MR) is 72.8 cm³/mol. The van der Waals surface area contributed by atoms with Crippen molar-refractivity contribution in [3.05, 3.63) is 23.9 Å². The molecule has 0 unspecified atom stereocenters. The van der Waals surface area contributed by atoms with Crippen molar-refractivity contribution >= 4 is 0 Å². The van der Waals surface area contributed by atoms with E-state index >= 15 is 0 Å². The van der Waals surface area contributed by atoms with Crippen molar-refractivity contribution in [2.75, 3.05) is 33.3 Å². The molecular formula is C14H23N3O. The summed E-state index contributed by atoms with van der Waals surface area (Å²) in [7, 11) is 1.65. The largest absolute Gasteiger partial charge is 0.481 e. The average Bonchev–Trinajstić information content (AvgIpc) is 2.92. The van der Waals surface area contributed by atoms with E-state index in [2.05, 4.69) is 15.2 Å². The van der Waals surface area contributed by atoms with Crippen molar-refractivity contribution in [1.29, 1.82) is 0 Å². The standard InChI is InChI=1S/C14H23N3O/c1-18-14-7-4-6-13(16-14)12-15-8-5-11-17-9-2-3-10-17/h4,6-7,15H,2-3,5,8-12H2,1H3. The molecule has 4 heteroatoms. The van der Waals surface area contributed by atoms with Gasteiger partial charge in [0.1, 0.15) is 0 Å². The Hall–Kier alpha value is -1.13. The highest BCUT2D eigenvalue weighted by molar-refractivity contribution is 5.15. The van der Waals surface area contributed by atoms with Crippen LogP contribution in [0.2, 0.25) is 0 Å². The molecule has 1 aliphatic heterocycles. The van der Waals surface area contributed by atoms with E-state index in [0.717, 1.165) is 18.8 Å². The molecule has 1 fully saturated rings. The lowest BCUT2D eigenvalue weighted by Gasteiger charge is -2.14. The number of nitrogens with zero attached hydrogens (tertiary/aromatic N) is 2. The summed E-state index contributed by atoms with van der Waals surface area (Å²) in [5.74, 6) is 0.686. The highest BCUT2D eigenvalue weighted by atomic mass is 16.5. The predicted octanol–water partition coefficient (Wildman–Crippen LogP) is 1.67. The van der Waals surface area contributed by atoms with E-state index in [1.165, 1.54) is 38.9 Å². The summed E-state index contributed by atoms with van der Waals surface area (Å²) in [5, 5.41) is 3.43. The van der Waals surface area contributed by atoms with Crippen LogP contribution in [0, 0.1) is 0 Å². The van der Waals surface area contributed by atoms with Gasteiger partial charge in [-0.05, 0) is 51.5 Å². The fraction of sp³-hybridized carbons (Fsp3) is 0.643. The highest BCUT2D eigenvalue weighted by Crippen LogP contribution is 2.07. The molecule has 1 aromatic heterocycles. The number of hydrogen-bond donors (Lipinski definition) is 1. The quantitative estimate of drug-likeness (QED) is 0.746. The smallest absolute Gasteiger partial charge is 0.213 e. The topological polar surface area (TPSA) is 37.4 Å². The van der Waals surface area contributed by atoms with Gasteiger partial charge in [-0.15, -0.1) is 0 Å².